The number of aromatic amines is 1. The molecule has 17 heavy (non-hydrogen) atoms. The molecule has 0 aliphatic heterocycles. The molecule has 1 N–H and O–H groups in total. The molecule has 0 aliphatic rings. The highest BCUT2D eigenvalue weighted by atomic mass is 19.1. The number of carbonyl (C=O) groups is 1. The van der Waals surface area contributed by atoms with Crippen LogP contribution in [0, 0.1) is 5.95 Å². The maximum absolute atomic E-state index is 12.6. The van der Waals surface area contributed by atoms with Crippen molar-refractivity contribution in [1.29, 1.82) is 0 Å². The Kier molecular flexibility index (Phi) is 3.08. The van der Waals surface area contributed by atoms with Gasteiger partial charge >= 0.3 is 0 Å². The van der Waals surface area contributed by atoms with Gasteiger partial charge in [0.15, 0.2) is 0 Å². The van der Waals surface area contributed by atoms with E-state index >= 15 is 0 Å². The Morgan fingerprint density at radius 3 is 2.88 bits per heavy atom. The number of nitrogens with one attached hydrogen (secondary N) is 1. The Labute approximate surface area is 96.5 Å². The number of nitrogens with zero attached hydrogens (tertiary/aromatic N) is 4. The van der Waals surface area contributed by atoms with Gasteiger partial charge in [-0.3, -0.25) is 9.89 Å². The van der Waals surface area contributed by atoms with E-state index < -0.39 is 5.95 Å². The molecule has 0 bridgehead atoms. The third-order valence-corrected chi connectivity index (χ3v) is 2.17. The van der Waals surface area contributed by atoms with Crippen LogP contribution in [0.3, 0.4) is 0 Å². The molecule has 88 valence electrons. The first kappa shape index (κ1) is 11.2. The first-order chi connectivity index (χ1) is 8.16. The van der Waals surface area contributed by atoms with E-state index in [4.69, 9.17) is 0 Å². The number of carbonyl (C=O) groups excluding carboxylic acids is 1. The summed E-state index contributed by atoms with van der Waals surface area (Å²) in [5.41, 5.74) is 0.327. The van der Waals surface area contributed by atoms with E-state index in [0.717, 1.165) is 6.07 Å². The molecule has 0 aliphatic carbocycles. The molecule has 0 saturated carbocycles. The Hall–Kier alpha value is -2.31. The average Bonchev–Trinajstić information content (AvgIpc) is 2.82. The molecule has 1 amide bonds. The molecule has 0 saturated heterocycles. The van der Waals surface area contributed by atoms with Crippen molar-refractivity contribution in [3.8, 4) is 0 Å². The summed E-state index contributed by atoms with van der Waals surface area (Å²) in [5.74, 6) is -0.288. The number of aromatic nitrogens is 4. The number of H-pyrrole nitrogens is 1. The largest absolute Gasteiger partial charge is 0.334 e. The van der Waals surface area contributed by atoms with E-state index in [2.05, 4.69) is 20.2 Å². The van der Waals surface area contributed by atoms with Crippen molar-refractivity contribution in [2.45, 2.75) is 6.54 Å². The van der Waals surface area contributed by atoms with Crippen molar-refractivity contribution in [2.24, 2.45) is 0 Å². The fourth-order valence-electron chi connectivity index (χ4n) is 1.33. The summed E-state index contributed by atoms with van der Waals surface area (Å²) in [6.45, 7) is 0.302. The van der Waals surface area contributed by atoms with Crippen LogP contribution < -0.4 is 0 Å². The van der Waals surface area contributed by atoms with E-state index in [1.165, 1.54) is 23.5 Å². The molecule has 6 nitrogen and oxygen atoms in total. The number of amides is 1. The second-order valence-electron chi connectivity index (χ2n) is 3.46. The summed E-state index contributed by atoms with van der Waals surface area (Å²) in [6.07, 6.45) is 2.57. The van der Waals surface area contributed by atoms with Gasteiger partial charge in [-0.2, -0.15) is 9.49 Å². The van der Waals surface area contributed by atoms with Crippen LogP contribution in [0.4, 0.5) is 4.39 Å². The molecule has 2 rings (SSSR count). The lowest BCUT2D eigenvalue weighted by Gasteiger charge is -2.15. The fourth-order valence-corrected chi connectivity index (χ4v) is 1.33. The maximum Gasteiger partial charge on any atom is 0.255 e. The summed E-state index contributed by atoms with van der Waals surface area (Å²) in [6, 6.07) is 2.54. The second-order valence-corrected chi connectivity index (χ2v) is 3.46. The van der Waals surface area contributed by atoms with Gasteiger partial charge in [-0.1, -0.05) is 0 Å². The molecule has 0 fully saturated rings. The van der Waals surface area contributed by atoms with Crippen LogP contribution in [0.2, 0.25) is 0 Å². The zero-order valence-corrected chi connectivity index (χ0v) is 9.09. The highest BCUT2D eigenvalue weighted by molar-refractivity contribution is 5.93. The fraction of sp³-hybridized carbons (Fsp3) is 0.200. The van der Waals surface area contributed by atoms with Gasteiger partial charge in [0.25, 0.3) is 5.91 Å². The lowest BCUT2D eigenvalue weighted by molar-refractivity contribution is 0.0781. The minimum atomic E-state index is -0.612. The van der Waals surface area contributed by atoms with Gasteiger partial charge in [-0.05, 0) is 12.1 Å². The van der Waals surface area contributed by atoms with Crippen LogP contribution in [0.1, 0.15) is 16.2 Å². The van der Waals surface area contributed by atoms with Gasteiger partial charge < -0.3 is 4.90 Å². The zero-order valence-electron chi connectivity index (χ0n) is 9.09. The lowest BCUT2D eigenvalue weighted by atomic mass is 10.2. The molecule has 0 unspecified atom stereocenters. The van der Waals surface area contributed by atoms with Crippen molar-refractivity contribution >= 4 is 5.91 Å². The average molecular weight is 235 g/mol. The van der Waals surface area contributed by atoms with E-state index in [-0.39, 0.29) is 5.91 Å². The Balaban J connectivity index is 2.07. The van der Waals surface area contributed by atoms with E-state index in [0.29, 0.717) is 17.9 Å². The van der Waals surface area contributed by atoms with E-state index in [9.17, 15) is 9.18 Å². The quantitative estimate of drug-likeness (QED) is 0.791. The topological polar surface area (TPSA) is 74.8 Å². The van der Waals surface area contributed by atoms with Crippen LogP contribution in [-0.4, -0.2) is 38.0 Å². The molecule has 7 heteroatoms. The number of hydrogen-bond donors (Lipinski definition) is 1. The van der Waals surface area contributed by atoms with Crippen LogP contribution in [0.25, 0.3) is 0 Å². The summed E-state index contributed by atoms with van der Waals surface area (Å²) in [7, 11) is 1.62. The predicted molar refractivity (Wildman–Crippen MR) is 56.4 cm³/mol. The van der Waals surface area contributed by atoms with Gasteiger partial charge in [0.05, 0.1) is 12.1 Å². The van der Waals surface area contributed by atoms with Crippen molar-refractivity contribution in [2.75, 3.05) is 7.05 Å². The van der Waals surface area contributed by atoms with Gasteiger partial charge in [-0.25, -0.2) is 9.97 Å². The molecular weight excluding hydrogens is 225 g/mol. The first-order valence-electron chi connectivity index (χ1n) is 4.88. The minimum absolute atomic E-state index is 0.256. The summed E-state index contributed by atoms with van der Waals surface area (Å²) in [4.78, 5) is 20.7. The molecule has 2 aromatic rings. The SMILES string of the molecule is CN(Cc1ncn[nH]1)C(=O)c1ccc(F)nc1. The van der Waals surface area contributed by atoms with E-state index in [1.54, 1.807) is 7.05 Å². The standard InChI is InChI=1S/C10H10FN5O/c1-16(5-9-13-6-14-15-9)10(17)7-2-3-8(11)12-4-7/h2-4,6H,5H2,1H3,(H,13,14,15). The van der Waals surface area contributed by atoms with Gasteiger partial charge in [0.2, 0.25) is 5.95 Å². The zero-order chi connectivity index (χ0) is 12.3. The van der Waals surface area contributed by atoms with Crippen LogP contribution in [0.5, 0.6) is 0 Å². The number of rotatable bonds is 3. The monoisotopic (exact) mass is 235 g/mol. The van der Waals surface area contributed by atoms with Crippen molar-refractivity contribution in [3.05, 3.63) is 42.0 Å². The third-order valence-electron chi connectivity index (χ3n) is 2.17. The molecule has 2 heterocycles. The summed E-state index contributed by atoms with van der Waals surface area (Å²) >= 11 is 0. The number of hydrogen-bond acceptors (Lipinski definition) is 4. The second kappa shape index (κ2) is 4.69. The van der Waals surface area contributed by atoms with Crippen LogP contribution in [-0.2, 0) is 6.54 Å². The normalized spacial score (nSPS) is 10.2. The Morgan fingerprint density at radius 1 is 1.47 bits per heavy atom. The highest BCUT2D eigenvalue weighted by Crippen LogP contribution is 2.05. The van der Waals surface area contributed by atoms with Crippen LogP contribution >= 0.6 is 0 Å². The highest BCUT2D eigenvalue weighted by Gasteiger charge is 2.13. The Bertz CT molecular complexity index is 496. The summed E-state index contributed by atoms with van der Waals surface area (Å²) < 4.78 is 12.6. The lowest BCUT2D eigenvalue weighted by Crippen LogP contribution is -2.26. The number of pyridine rings is 1. The minimum Gasteiger partial charge on any atom is -0.334 e. The molecule has 2 aromatic heterocycles. The third kappa shape index (κ3) is 2.63. The van der Waals surface area contributed by atoms with Crippen molar-refractivity contribution < 1.29 is 9.18 Å². The molecule has 0 aromatic carbocycles. The smallest absolute Gasteiger partial charge is 0.255 e. The molecule has 0 spiro atoms. The first-order valence-corrected chi connectivity index (χ1v) is 4.88. The Morgan fingerprint density at radius 2 is 2.29 bits per heavy atom. The van der Waals surface area contributed by atoms with Gasteiger partial charge in [-0.15, -0.1) is 0 Å². The molecule has 0 atom stereocenters. The van der Waals surface area contributed by atoms with Gasteiger partial charge in [0, 0.05) is 13.2 Å². The van der Waals surface area contributed by atoms with E-state index in [1.807, 2.05) is 0 Å². The van der Waals surface area contributed by atoms with Crippen molar-refractivity contribution in [3.63, 3.8) is 0 Å². The van der Waals surface area contributed by atoms with Crippen LogP contribution in [0.15, 0.2) is 24.7 Å². The summed E-state index contributed by atoms with van der Waals surface area (Å²) in [5, 5.41) is 6.34. The van der Waals surface area contributed by atoms with Gasteiger partial charge in [0.1, 0.15) is 12.2 Å². The molecular formula is C10H10FN5O. The molecule has 0 radical (unpaired) electrons. The maximum atomic E-state index is 12.6. The number of halogens is 1. The predicted octanol–water partition coefficient (Wildman–Crippen LogP) is 0.611. The van der Waals surface area contributed by atoms with Crippen molar-refractivity contribution in [1.82, 2.24) is 25.1 Å².